The summed E-state index contributed by atoms with van der Waals surface area (Å²) < 4.78 is 0. The number of rotatable bonds is 2. The molecule has 0 radical (unpaired) electrons. The minimum Gasteiger partial charge on any atom is -0.363 e. The Hall–Kier alpha value is -1.32. The van der Waals surface area contributed by atoms with Crippen molar-refractivity contribution in [3.63, 3.8) is 0 Å². The van der Waals surface area contributed by atoms with Crippen LogP contribution in [-0.2, 0) is 6.42 Å². The van der Waals surface area contributed by atoms with E-state index in [0.29, 0.717) is 6.04 Å². The van der Waals surface area contributed by atoms with Gasteiger partial charge >= 0.3 is 0 Å². The molecule has 2 rings (SSSR count). The predicted molar refractivity (Wildman–Crippen MR) is 62.3 cm³/mol. The molecule has 1 aromatic rings. The molecular formula is C11H18N4. The first-order chi connectivity index (χ1) is 7.13. The molecule has 1 aliphatic heterocycles. The van der Waals surface area contributed by atoms with Gasteiger partial charge in [-0.2, -0.15) is 0 Å². The fourth-order valence-corrected chi connectivity index (χ4v) is 1.85. The zero-order valence-corrected chi connectivity index (χ0v) is 9.83. The smallest absolute Gasteiger partial charge is 0.157 e. The number of aryl methyl sites for hydroxylation is 2. The van der Waals surface area contributed by atoms with Crippen LogP contribution in [0.5, 0.6) is 0 Å². The summed E-state index contributed by atoms with van der Waals surface area (Å²) in [5.74, 6) is 2.00. The van der Waals surface area contributed by atoms with E-state index in [1.807, 2.05) is 6.92 Å². The highest BCUT2D eigenvalue weighted by atomic mass is 15.3. The summed E-state index contributed by atoms with van der Waals surface area (Å²) in [6.45, 7) is 9.33. The lowest BCUT2D eigenvalue weighted by Crippen LogP contribution is -2.30. The van der Waals surface area contributed by atoms with Crippen LogP contribution < -0.4 is 10.2 Å². The van der Waals surface area contributed by atoms with E-state index in [1.165, 1.54) is 0 Å². The molecule has 82 valence electrons. The molecular weight excluding hydrogens is 188 g/mol. The average molecular weight is 206 g/mol. The van der Waals surface area contributed by atoms with Gasteiger partial charge in [0.15, 0.2) is 5.82 Å². The first kappa shape index (κ1) is 10.2. The molecule has 1 aliphatic rings. The predicted octanol–water partition coefficient (Wildman–Crippen LogP) is 1.95. The lowest BCUT2D eigenvalue weighted by atomic mass is 10.3. The molecule has 0 unspecified atom stereocenters. The molecule has 0 saturated carbocycles. The Morgan fingerprint density at radius 3 is 2.73 bits per heavy atom. The quantitative estimate of drug-likeness (QED) is 0.803. The van der Waals surface area contributed by atoms with Gasteiger partial charge in [-0.15, -0.1) is 0 Å². The third kappa shape index (κ3) is 1.64. The summed E-state index contributed by atoms with van der Waals surface area (Å²) in [5.41, 5.74) is 2.15. The summed E-state index contributed by atoms with van der Waals surface area (Å²) >= 11 is 0. The molecule has 1 aromatic heterocycles. The summed E-state index contributed by atoms with van der Waals surface area (Å²) in [4.78, 5) is 11.3. The maximum absolute atomic E-state index is 4.59. The van der Waals surface area contributed by atoms with Gasteiger partial charge in [-0.25, -0.2) is 9.97 Å². The molecule has 1 N–H and O–H groups in total. The molecule has 0 aromatic carbocycles. The number of aromatic nitrogens is 2. The summed E-state index contributed by atoms with van der Waals surface area (Å²) in [5, 5.41) is 3.35. The number of fused-ring (bicyclic) bond motifs is 1. The van der Waals surface area contributed by atoms with Crippen LogP contribution in [0.1, 0.15) is 32.3 Å². The number of hydrogen-bond acceptors (Lipinski definition) is 4. The van der Waals surface area contributed by atoms with Gasteiger partial charge in [-0.3, -0.25) is 0 Å². The Kier molecular flexibility index (Phi) is 2.50. The third-order valence-corrected chi connectivity index (χ3v) is 2.75. The van der Waals surface area contributed by atoms with Crippen molar-refractivity contribution in [3.05, 3.63) is 11.5 Å². The van der Waals surface area contributed by atoms with Crippen molar-refractivity contribution < 1.29 is 0 Å². The average Bonchev–Trinajstić information content (AvgIpc) is 2.61. The first-order valence-electron chi connectivity index (χ1n) is 5.51. The maximum atomic E-state index is 4.59. The van der Waals surface area contributed by atoms with Gasteiger partial charge in [0.1, 0.15) is 11.5 Å². The highest BCUT2D eigenvalue weighted by Gasteiger charge is 2.24. The Labute approximate surface area is 90.7 Å². The van der Waals surface area contributed by atoms with Crippen LogP contribution in [0.2, 0.25) is 0 Å². The molecule has 4 heteroatoms. The Bertz CT molecular complexity index is 373. The van der Waals surface area contributed by atoms with Gasteiger partial charge in [0, 0.05) is 12.5 Å². The summed E-state index contributed by atoms with van der Waals surface area (Å²) in [7, 11) is 0. The van der Waals surface area contributed by atoms with Crippen molar-refractivity contribution in [1.82, 2.24) is 9.97 Å². The molecule has 0 bridgehead atoms. The van der Waals surface area contributed by atoms with E-state index in [9.17, 15) is 0 Å². The van der Waals surface area contributed by atoms with Gasteiger partial charge in [-0.05, 0) is 20.8 Å². The van der Waals surface area contributed by atoms with Gasteiger partial charge < -0.3 is 10.2 Å². The maximum Gasteiger partial charge on any atom is 0.157 e. The third-order valence-electron chi connectivity index (χ3n) is 2.75. The second-order valence-electron chi connectivity index (χ2n) is 4.18. The molecule has 0 fully saturated rings. The normalized spacial score (nSPS) is 14.3. The van der Waals surface area contributed by atoms with Crippen LogP contribution in [0.4, 0.5) is 11.5 Å². The zero-order chi connectivity index (χ0) is 11.0. The fourth-order valence-electron chi connectivity index (χ4n) is 1.85. The van der Waals surface area contributed by atoms with Crippen LogP contribution in [0.3, 0.4) is 0 Å². The highest BCUT2D eigenvalue weighted by Crippen LogP contribution is 2.32. The van der Waals surface area contributed by atoms with Crippen molar-refractivity contribution >= 4 is 11.5 Å². The monoisotopic (exact) mass is 206 g/mol. The van der Waals surface area contributed by atoms with Crippen LogP contribution in [0.15, 0.2) is 0 Å². The minimum absolute atomic E-state index is 0.470. The van der Waals surface area contributed by atoms with E-state index in [-0.39, 0.29) is 0 Å². The van der Waals surface area contributed by atoms with E-state index >= 15 is 0 Å². The van der Waals surface area contributed by atoms with Crippen molar-refractivity contribution in [1.29, 1.82) is 0 Å². The van der Waals surface area contributed by atoms with Crippen LogP contribution in [0.25, 0.3) is 0 Å². The van der Waals surface area contributed by atoms with E-state index in [1.54, 1.807) is 0 Å². The summed E-state index contributed by atoms with van der Waals surface area (Å²) in [6.07, 6.45) is 0.889. The molecule has 0 atom stereocenters. The molecule has 15 heavy (non-hydrogen) atoms. The molecule has 4 nitrogen and oxygen atoms in total. The second kappa shape index (κ2) is 3.68. The van der Waals surface area contributed by atoms with Crippen LogP contribution in [0, 0.1) is 6.92 Å². The van der Waals surface area contributed by atoms with Gasteiger partial charge in [-0.1, -0.05) is 6.92 Å². The van der Waals surface area contributed by atoms with Crippen LogP contribution >= 0.6 is 0 Å². The Morgan fingerprint density at radius 2 is 2.13 bits per heavy atom. The second-order valence-corrected chi connectivity index (χ2v) is 4.18. The van der Waals surface area contributed by atoms with Gasteiger partial charge in [0.05, 0.1) is 12.4 Å². The number of hydrogen-bond donors (Lipinski definition) is 1. The lowest BCUT2D eigenvalue weighted by molar-refractivity contribution is 0.714. The highest BCUT2D eigenvalue weighted by molar-refractivity contribution is 5.73. The number of nitrogens with zero attached hydrogens (tertiary/aromatic N) is 3. The number of anilines is 2. The van der Waals surface area contributed by atoms with Crippen molar-refractivity contribution in [2.75, 3.05) is 16.9 Å². The standard InChI is InChI=1S/C11H18N4/c1-5-9-13-8(4)10-11(14-9)15(6-12-10)7(2)3/h7,12H,5-6H2,1-4H3. The van der Waals surface area contributed by atoms with Crippen LogP contribution in [-0.4, -0.2) is 22.7 Å². The number of nitrogens with one attached hydrogen (secondary N) is 1. The molecule has 2 heterocycles. The van der Waals surface area contributed by atoms with E-state index < -0.39 is 0 Å². The van der Waals surface area contributed by atoms with E-state index in [4.69, 9.17) is 0 Å². The molecule has 0 spiro atoms. The Balaban J connectivity index is 2.47. The SMILES string of the molecule is CCc1nc(C)c2c(n1)N(C(C)C)CN2. The first-order valence-corrected chi connectivity index (χ1v) is 5.51. The lowest BCUT2D eigenvalue weighted by Gasteiger charge is -2.21. The van der Waals surface area contributed by atoms with Crippen molar-refractivity contribution in [2.24, 2.45) is 0 Å². The van der Waals surface area contributed by atoms with Crippen molar-refractivity contribution in [2.45, 2.75) is 40.2 Å². The Morgan fingerprint density at radius 1 is 1.40 bits per heavy atom. The minimum atomic E-state index is 0.470. The van der Waals surface area contributed by atoms with E-state index in [0.717, 1.165) is 36.1 Å². The molecule has 0 amide bonds. The van der Waals surface area contributed by atoms with Crippen molar-refractivity contribution in [3.8, 4) is 0 Å². The van der Waals surface area contributed by atoms with Gasteiger partial charge in [0.2, 0.25) is 0 Å². The topological polar surface area (TPSA) is 41.1 Å². The molecule has 0 aliphatic carbocycles. The molecule has 0 saturated heterocycles. The zero-order valence-electron chi connectivity index (χ0n) is 9.83. The summed E-state index contributed by atoms with van der Waals surface area (Å²) in [6, 6.07) is 0.470. The largest absolute Gasteiger partial charge is 0.363 e. The van der Waals surface area contributed by atoms with Gasteiger partial charge in [0.25, 0.3) is 0 Å². The van der Waals surface area contributed by atoms with E-state index in [2.05, 4.69) is 41.0 Å². The fraction of sp³-hybridized carbons (Fsp3) is 0.636.